The molecule has 0 unspecified atom stereocenters. The molecular formula is C21H21F2NO7. The van der Waals surface area contributed by atoms with Gasteiger partial charge in [-0.3, -0.25) is 19.7 Å². The Bertz CT molecular complexity index is 894. The van der Waals surface area contributed by atoms with Gasteiger partial charge in [-0.05, 0) is 48.4 Å². The van der Waals surface area contributed by atoms with Crippen molar-refractivity contribution >= 4 is 17.8 Å². The van der Waals surface area contributed by atoms with Crippen LogP contribution in [0.1, 0.15) is 22.3 Å². The van der Waals surface area contributed by atoms with Gasteiger partial charge in [0.1, 0.15) is 17.2 Å². The SMILES string of the molecule is COc1cc(CCC(=O)OCC(=O)NC(=O)c2ccc(OC(F)F)cc2)cc(OC)c1. The number of esters is 1. The number of hydrogen-bond donors (Lipinski definition) is 1. The lowest BCUT2D eigenvalue weighted by atomic mass is 10.1. The van der Waals surface area contributed by atoms with Gasteiger partial charge in [0.2, 0.25) is 0 Å². The molecule has 166 valence electrons. The smallest absolute Gasteiger partial charge is 0.387 e. The predicted octanol–water partition coefficient (Wildman–Crippen LogP) is 2.74. The lowest BCUT2D eigenvalue weighted by molar-refractivity contribution is -0.148. The van der Waals surface area contributed by atoms with Crippen molar-refractivity contribution in [1.82, 2.24) is 5.32 Å². The number of methoxy groups -OCH3 is 2. The van der Waals surface area contributed by atoms with Gasteiger partial charge >= 0.3 is 12.6 Å². The van der Waals surface area contributed by atoms with Crippen LogP contribution in [0.2, 0.25) is 0 Å². The summed E-state index contributed by atoms with van der Waals surface area (Å²) in [5, 5.41) is 2.04. The molecule has 0 aliphatic carbocycles. The van der Waals surface area contributed by atoms with Gasteiger partial charge < -0.3 is 18.9 Å². The van der Waals surface area contributed by atoms with E-state index in [0.29, 0.717) is 17.9 Å². The Balaban J connectivity index is 1.77. The summed E-state index contributed by atoms with van der Waals surface area (Å²) in [5.74, 6) is -1.19. The number of imide groups is 1. The zero-order valence-electron chi connectivity index (χ0n) is 16.9. The van der Waals surface area contributed by atoms with Crippen LogP contribution in [0.3, 0.4) is 0 Å². The minimum Gasteiger partial charge on any atom is -0.497 e. The van der Waals surface area contributed by atoms with Crippen LogP contribution in [0, 0.1) is 0 Å². The molecule has 2 rings (SSSR count). The van der Waals surface area contributed by atoms with E-state index in [1.807, 2.05) is 5.32 Å². The van der Waals surface area contributed by atoms with E-state index in [1.54, 1.807) is 18.2 Å². The van der Waals surface area contributed by atoms with Crippen molar-refractivity contribution in [2.24, 2.45) is 0 Å². The summed E-state index contributed by atoms with van der Waals surface area (Å²) < 4.78 is 43.6. The van der Waals surface area contributed by atoms with Gasteiger partial charge in [-0.1, -0.05) is 0 Å². The summed E-state index contributed by atoms with van der Waals surface area (Å²) in [6, 6.07) is 9.96. The van der Waals surface area contributed by atoms with E-state index in [4.69, 9.17) is 14.2 Å². The number of hydrogen-bond acceptors (Lipinski definition) is 7. The highest BCUT2D eigenvalue weighted by atomic mass is 19.3. The molecule has 0 aliphatic rings. The fourth-order valence-electron chi connectivity index (χ4n) is 2.50. The molecule has 0 bridgehead atoms. The largest absolute Gasteiger partial charge is 0.497 e. The highest BCUT2D eigenvalue weighted by Gasteiger charge is 2.14. The first-order chi connectivity index (χ1) is 14.8. The first-order valence-electron chi connectivity index (χ1n) is 9.07. The standard InChI is InChI=1S/C21H21F2NO7/c1-28-16-9-13(10-17(11-16)29-2)3-8-19(26)30-12-18(25)24-20(27)14-4-6-15(7-5-14)31-21(22)23/h4-7,9-11,21H,3,8,12H2,1-2H3,(H,24,25,27). The van der Waals surface area contributed by atoms with Crippen molar-refractivity contribution in [2.75, 3.05) is 20.8 Å². The molecule has 2 aromatic carbocycles. The molecule has 31 heavy (non-hydrogen) atoms. The number of ether oxygens (including phenoxy) is 4. The average molecular weight is 437 g/mol. The van der Waals surface area contributed by atoms with E-state index in [2.05, 4.69) is 4.74 Å². The number of carbonyl (C=O) groups is 3. The number of nitrogens with one attached hydrogen (secondary N) is 1. The zero-order valence-corrected chi connectivity index (χ0v) is 16.9. The minimum atomic E-state index is -2.98. The van der Waals surface area contributed by atoms with Crippen LogP contribution in [0.5, 0.6) is 17.2 Å². The molecule has 10 heteroatoms. The Morgan fingerprint density at radius 1 is 0.935 bits per heavy atom. The van der Waals surface area contributed by atoms with Crippen LogP contribution < -0.4 is 19.5 Å². The lowest BCUT2D eigenvalue weighted by Gasteiger charge is -2.09. The van der Waals surface area contributed by atoms with Crippen molar-refractivity contribution in [1.29, 1.82) is 0 Å². The molecule has 2 aromatic rings. The van der Waals surface area contributed by atoms with E-state index < -0.39 is 31.0 Å². The van der Waals surface area contributed by atoms with Crippen molar-refractivity contribution in [3.8, 4) is 17.2 Å². The Labute approximate surface area is 177 Å². The van der Waals surface area contributed by atoms with Gasteiger partial charge in [-0.2, -0.15) is 8.78 Å². The number of carbonyl (C=O) groups excluding carboxylic acids is 3. The Kier molecular flexibility index (Phi) is 8.74. The Morgan fingerprint density at radius 3 is 2.10 bits per heavy atom. The molecular weight excluding hydrogens is 416 g/mol. The van der Waals surface area contributed by atoms with Gasteiger partial charge in [-0.25, -0.2) is 0 Å². The third-order valence-corrected chi connectivity index (χ3v) is 3.99. The second kappa shape index (κ2) is 11.5. The number of halogens is 2. The first-order valence-corrected chi connectivity index (χ1v) is 9.07. The average Bonchev–Trinajstić information content (AvgIpc) is 2.75. The molecule has 0 saturated carbocycles. The minimum absolute atomic E-state index is 0.00312. The number of alkyl halides is 2. The van der Waals surface area contributed by atoms with Gasteiger partial charge in [-0.15, -0.1) is 0 Å². The maximum atomic E-state index is 12.1. The second-order valence-corrected chi connectivity index (χ2v) is 6.16. The van der Waals surface area contributed by atoms with Gasteiger partial charge in [0, 0.05) is 18.1 Å². The van der Waals surface area contributed by atoms with Crippen molar-refractivity contribution in [3.05, 3.63) is 53.6 Å². The fraction of sp³-hybridized carbons (Fsp3) is 0.286. The molecule has 0 saturated heterocycles. The van der Waals surface area contributed by atoms with Crippen LogP contribution in [0.4, 0.5) is 8.78 Å². The van der Waals surface area contributed by atoms with Crippen molar-refractivity contribution in [2.45, 2.75) is 19.5 Å². The number of aryl methyl sites for hydroxylation is 1. The number of amides is 2. The third kappa shape index (κ3) is 7.92. The van der Waals surface area contributed by atoms with E-state index in [1.165, 1.54) is 38.5 Å². The second-order valence-electron chi connectivity index (χ2n) is 6.16. The van der Waals surface area contributed by atoms with Crippen LogP contribution in [0.25, 0.3) is 0 Å². The summed E-state index contributed by atoms with van der Waals surface area (Å²) in [5.41, 5.74) is 0.834. The van der Waals surface area contributed by atoms with Crippen LogP contribution in [-0.4, -0.2) is 45.2 Å². The van der Waals surface area contributed by atoms with Gasteiger partial charge in [0.05, 0.1) is 14.2 Å². The molecule has 0 aliphatic heterocycles. The summed E-state index contributed by atoms with van der Waals surface area (Å²) in [4.78, 5) is 35.7. The zero-order chi connectivity index (χ0) is 22.8. The summed E-state index contributed by atoms with van der Waals surface area (Å²) in [7, 11) is 3.02. The molecule has 8 nitrogen and oxygen atoms in total. The number of rotatable bonds is 10. The van der Waals surface area contributed by atoms with Gasteiger partial charge in [0.25, 0.3) is 11.8 Å². The van der Waals surface area contributed by atoms with E-state index in [0.717, 1.165) is 5.56 Å². The summed E-state index contributed by atoms with van der Waals surface area (Å²) >= 11 is 0. The van der Waals surface area contributed by atoms with Crippen LogP contribution >= 0.6 is 0 Å². The Morgan fingerprint density at radius 2 is 1.55 bits per heavy atom. The summed E-state index contributed by atoms with van der Waals surface area (Å²) in [6.45, 7) is -3.62. The molecule has 0 heterocycles. The monoisotopic (exact) mass is 437 g/mol. The molecule has 0 aromatic heterocycles. The van der Waals surface area contributed by atoms with Crippen molar-refractivity contribution < 1.29 is 42.1 Å². The van der Waals surface area contributed by atoms with E-state index in [9.17, 15) is 23.2 Å². The molecule has 0 radical (unpaired) electrons. The van der Waals surface area contributed by atoms with Crippen LogP contribution in [0.15, 0.2) is 42.5 Å². The normalized spacial score (nSPS) is 10.4. The van der Waals surface area contributed by atoms with E-state index in [-0.39, 0.29) is 17.7 Å². The maximum absolute atomic E-state index is 12.1. The topological polar surface area (TPSA) is 100 Å². The molecule has 0 fully saturated rings. The van der Waals surface area contributed by atoms with Gasteiger partial charge in [0.15, 0.2) is 6.61 Å². The van der Waals surface area contributed by atoms with Crippen molar-refractivity contribution in [3.63, 3.8) is 0 Å². The lowest BCUT2D eigenvalue weighted by Crippen LogP contribution is -2.34. The van der Waals surface area contributed by atoms with E-state index >= 15 is 0 Å². The highest BCUT2D eigenvalue weighted by Crippen LogP contribution is 2.23. The molecule has 0 atom stereocenters. The molecule has 2 amide bonds. The third-order valence-electron chi connectivity index (χ3n) is 3.99. The highest BCUT2D eigenvalue weighted by molar-refractivity contribution is 6.05. The summed E-state index contributed by atoms with van der Waals surface area (Å²) in [6.07, 6.45) is 0.336. The Hall–Kier alpha value is -3.69. The fourth-order valence-corrected chi connectivity index (χ4v) is 2.50. The maximum Gasteiger partial charge on any atom is 0.387 e. The van der Waals surface area contributed by atoms with Crippen LogP contribution in [-0.2, 0) is 20.7 Å². The number of benzene rings is 2. The molecule has 0 spiro atoms. The first kappa shape index (κ1) is 23.6. The predicted molar refractivity (Wildman–Crippen MR) is 104 cm³/mol. The quantitative estimate of drug-likeness (QED) is 0.571. The molecule has 1 N–H and O–H groups in total.